The molecule has 0 amide bonds. The second kappa shape index (κ2) is 5.99. The van der Waals surface area contributed by atoms with Crippen LogP contribution in [0.1, 0.15) is 24.0 Å². The maximum absolute atomic E-state index is 13.2. The van der Waals surface area contributed by atoms with Gasteiger partial charge < -0.3 is 5.11 Å². The Balaban J connectivity index is 1.83. The minimum absolute atomic E-state index is 0.164. The van der Waals surface area contributed by atoms with Crippen LogP contribution in [0.15, 0.2) is 47.6 Å². The van der Waals surface area contributed by atoms with Gasteiger partial charge in [0, 0.05) is 12.7 Å². The molecule has 1 aromatic carbocycles. The third-order valence-electron chi connectivity index (χ3n) is 4.10. The highest BCUT2D eigenvalue weighted by atomic mass is 32.2. The number of nitrogens with one attached hydrogen (secondary N) is 1. The van der Waals surface area contributed by atoms with Crippen molar-refractivity contribution in [2.24, 2.45) is 0 Å². The molecule has 1 heterocycles. The number of benzene rings is 1. The molecule has 0 saturated carbocycles. The zero-order valence-electron chi connectivity index (χ0n) is 12.4. The first kappa shape index (κ1) is 16.0. The van der Waals surface area contributed by atoms with E-state index in [-0.39, 0.29) is 11.4 Å². The molecule has 1 aromatic heterocycles. The Morgan fingerprint density at radius 1 is 1.30 bits per heavy atom. The largest absolute Gasteiger partial charge is 0.384 e. The Hall–Kier alpha value is -1.83. The molecule has 0 radical (unpaired) electrons. The van der Waals surface area contributed by atoms with Gasteiger partial charge in [-0.25, -0.2) is 17.5 Å². The summed E-state index contributed by atoms with van der Waals surface area (Å²) in [5, 5.41) is 10.9. The molecule has 0 bridgehead atoms. The van der Waals surface area contributed by atoms with Crippen LogP contribution in [-0.2, 0) is 22.0 Å². The van der Waals surface area contributed by atoms with E-state index in [9.17, 15) is 17.9 Å². The van der Waals surface area contributed by atoms with Crippen LogP contribution < -0.4 is 4.72 Å². The molecule has 1 atom stereocenters. The number of hydrogen-bond donors (Lipinski definition) is 2. The lowest BCUT2D eigenvalue weighted by Crippen LogP contribution is -2.42. The molecule has 23 heavy (non-hydrogen) atoms. The third-order valence-corrected chi connectivity index (χ3v) is 5.47. The van der Waals surface area contributed by atoms with Crippen molar-refractivity contribution in [2.75, 3.05) is 6.54 Å². The normalized spacial score (nSPS) is 21.0. The minimum Gasteiger partial charge on any atom is -0.384 e. The minimum atomic E-state index is -3.94. The van der Waals surface area contributed by atoms with Gasteiger partial charge >= 0.3 is 0 Å². The van der Waals surface area contributed by atoms with Gasteiger partial charge in [-0.3, -0.25) is 4.98 Å². The van der Waals surface area contributed by atoms with Crippen molar-refractivity contribution in [3.05, 3.63) is 59.7 Å². The van der Waals surface area contributed by atoms with E-state index in [0.717, 1.165) is 42.4 Å². The Bertz CT molecular complexity index is 826. The zero-order valence-corrected chi connectivity index (χ0v) is 13.2. The van der Waals surface area contributed by atoms with E-state index in [1.807, 2.05) is 24.3 Å². The van der Waals surface area contributed by atoms with Crippen molar-refractivity contribution in [1.29, 1.82) is 0 Å². The van der Waals surface area contributed by atoms with E-state index in [1.165, 1.54) is 0 Å². The van der Waals surface area contributed by atoms with Crippen LogP contribution in [0.25, 0.3) is 0 Å². The molecule has 0 fully saturated rings. The molecule has 0 saturated heterocycles. The number of sulfonamides is 1. The number of fused-ring (bicyclic) bond motifs is 1. The molecule has 0 spiro atoms. The smallest absolute Gasteiger partial charge is 0.242 e. The lowest BCUT2D eigenvalue weighted by atomic mass is 9.79. The van der Waals surface area contributed by atoms with Gasteiger partial charge in [-0.1, -0.05) is 24.3 Å². The summed E-state index contributed by atoms with van der Waals surface area (Å²) < 4.78 is 40.0. The summed E-state index contributed by atoms with van der Waals surface area (Å²) in [5.74, 6) is -0.727. The number of aromatic nitrogens is 1. The van der Waals surface area contributed by atoms with Crippen molar-refractivity contribution >= 4 is 10.0 Å². The van der Waals surface area contributed by atoms with Gasteiger partial charge in [0.2, 0.25) is 10.0 Å². The quantitative estimate of drug-likeness (QED) is 0.891. The lowest BCUT2D eigenvalue weighted by Gasteiger charge is -2.34. The molecular formula is C16H17FN2O3S. The topological polar surface area (TPSA) is 79.3 Å². The summed E-state index contributed by atoms with van der Waals surface area (Å²) in [4.78, 5) is 3.28. The summed E-state index contributed by atoms with van der Waals surface area (Å²) in [7, 11) is -3.94. The van der Waals surface area contributed by atoms with Crippen LogP contribution in [0.5, 0.6) is 0 Å². The van der Waals surface area contributed by atoms with Gasteiger partial charge in [0.15, 0.2) is 0 Å². The van der Waals surface area contributed by atoms with Gasteiger partial charge in [-0.15, -0.1) is 0 Å². The molecule has 1 aliphatic carbocycles. The fourth-order valence-electron chi connectivity index (χ4n) is 2.92. The number of nitrogens with zero attached hydrogens (tertiary/aromatic N) is 1. The van der Waals surface area contributed by atoms with E-state index in [4.69, 9.17) is 0 Å². The average molecular weight is 336 g/mol. The first-order chi connectivity index (χ1) is 10.9. The van der Waals surface area contributed by atoms with E-state index < -0.39 is 21.4 Å². The highest BCUT2D eigenvalue weighted by Gasteiger charge is 2.35. The van der Waals surface area contributed by atoms with Crippen LogP contribution >= 0.6 is 0 Å². The summed E-state index contributed by atoms with van der Waals surface area (Å²) in [6.07, 6.45) is 4.11. The third kappa shape index (κ3) is 3.26. The Morgan fingerprint density at radius 3 is 2.87 bits per heavy atom. The second-order valence-corrected chi connectivity index (χ2v) is 7.47. The van der Waals surface area contributed by atoms with Crippen molar-refractivity contribution in [2.45, 2.75) is 29.8 Å². The van der Waals surface area contributed by atoms with Crippen molar-refractivity contribution in [3.8, 4) is 0 Å². The first-order valence-corrected chi connectivity index (χ1v) is 8.80. The lowest BCUT2D eigenvalue weighted by molar-refractivity contribution is 0.0243. The van der Waals surface area contributed by atoms with Crippen molar-refractivity contribution < 1.29 is 17.9 Å². The predicted octanol–water partition coefficient (Wildman–Crippen LogP) is 1.72. The number of halogens is 1. The molecule has 0 aliphatic heterocycles. The molecule has 5 nitrogen and oxygen atoms in total. The van der Waals surface area contributed by atoms with Gasteiger partial charge in [0.1, 0.15) is 16.3 Å². The fraction of sp³-hybridized carbons (Fsp3) is 0.312. The zero-order chi connectivity index (χ0) is 16.5. The number of aryl methyl sites for hydroxylation is 1. The summed E-state index contributed by atoms with van der Waals surface area (Å²) in [6, 6.07) is 8.36. The molecule has 0 unspecified atom stereocenters. The predicted molar refractivity (Wildman–Crippen MR) is 82.7 cm³/mol. The molecular weight excluding hydrogens is 319 g/mol. The first-order valence-electron chi connectivity index (χ1n) is 7.32. The molecule has 7 heteroatoms. The van der Waals surface area contributed by atoms with Crippen LogP contribution in [0.2, 0.25) is 0 Å². The van der Waals surface area contributed by atoms with Crippen LogP contribution in [0, 0.1) is 5.82 Å². The molecule has 122 valence electrons. The van der Waals surface area contributed by atoms with Crippen LogP contribution in [-0.4, -0.2) is 25.1 Å². The SMILES string of the molecule is O=S(=O)(NC[C@]1(O)CCCc2ccccc21)c1cncc(F)c1. The monoisotopic (exact) mass is 336 g/mol. The Morgan fingerprint density at radius 2 is 2.09 bits per heavy atom. The number of rotatable bonds is 4. The maximum Gasteiger partial charge on any atom is 0.242 e. The van der Waals surface area contributed by atoms with E-state index in [0.29, 0.717) is 6.42 Å². The van der Waals surface area contributed by atoms with E-state index in [2.05, 4.69) is 9.71 Å². The summed E-state index contributed by atoms with van der Waals surface area (Å²) in [5.41, 5.74) is 0.502. The van der Waals surface area contributed by atoms with Gasteiger partial charge in [0.05, 0.1) is 6.20 Å². The van der Waals surface area contributed by atoms with Crippen molar-refractivity contribution in [3.63, 3.8) is 0 Å². The Kier molecular flexibility index (Phi) is 4.18. The maximum atomic E-state index is 13.2. The number of hydrogen-bond acceptors (Lipinski definition) is 4. The van der Waals surface area contributed by atoms with Gasteiger partial charge in [-0.2, -0.15) is 0 Å². The molecule has 1 aliphatic rings. The van der Waals surface area contributed by atoms with Crippen molar-refractivity contribution in [1.82, 2.24) is 9.71 Å². The second-order valence-electron chi connectivity index (χ2n) is 5.71. The van der Waals surface area contributed by atoms with Gasteiger partial charge in [-0.05, 0) is 36.5 Å². The van der Waals surface area contributed by atoms with E-state index >= 15 is 0 Å². The highest BCUT2D eigenvalue weighted by Crippen LogP contribution is 2.34. The summed E-state index contributed by atoms with van der Waals surface area (Å²) >= 11 is 0. The Labute approximate surface area is 134 Å². The number of pyridine rings is 1. The van der Waals surface area contributed by atoms with E-state index in [1.54, 1.807) is 0 Å². The average Bonchev–Trinajstić information content (AvgIpc) is 2.54. The molecule has 3 rings (SSSR count). The summed E-state index contributed by atoms with van der Waals surface area (Å²) in [6.45, 7) is -0.164. The molecule has 2 aromatic rings. The van der Waals surface area contributed by atoms with Gasteiger partial charge in [0.25, 0.3) is 0 Å². The number of aliphatic hydroxyl groups is 1. The van der Waals surface area contributed by atoms with Crippen LogP contribution in [0.4, 0.5) is 4.39 Å². The highest BCUT2D eigenvalue weighted by molar-refractivity contribution is 7.89. The fourth-order valence-corrected chi connectivity index (χ4v) is 3.98. The standard InChI is InChI=1S/C16H17FN2O3S/c17-13-8-14(10-18-9-13)23(21,22)19-11-16(20)7-3-5-12-4-1-2-6-15(12)16/h1-2,4,6,8-10,19-20H,3,5,7,11H2/t16-/m1/s1. The van der Waals surface area contributed by atoms with Crippen LogP contribution in [0.3, 0.4) is 0 Å². The molecule has 2 N–H and O–H groups in total.